The number of rotatable bonds is 30. The first-order valence-corrected chi connectivity index (χ1v) is 19.9. The van der Waals surface area contributed by atoms with Crippen molar-refractivity contribution in [3.63, 3.8) is 0 Å². The van der Waals surface area contributed by atoms with Gasteiger partial charge in [-0.3, -0.25) is 14.4 Å². The van der Waals surface area contributed by atoms with Gasteiger partial charge < -0.3 is 14.2 Å². The topological polar surface area (TPSA) is 102 Å². The minimum Gasteiger partial charge on any atom is -0.438 e. The Morgan fingerprint density at radius 2 is 0.980 bits per heavy atom. The van der Waals surface area contributed by atoms with E-state index in [9.17, 15) is 19.2 Å². The summed E-state index contributed by atoms with van der Waals surface area (Å²) in [5, 5.41) is 0. The van der Waals surface area contributed by atoms with Gasteiger partial charge in [0.2, 0.25) is 0 Å². The van der Waals surface area contributed by atoms with Crippen molar-refractivity contribution in [3.05, 3.63) is 35.9 Å². The molecule has 50 heavy (non-hydrogen) atoms. The highest BCUT2D eigenvalue weighted by Crippen LogP contribution is 2.39. The third kappa shape index (κ3) is 14.5. The van der Waals surface area contributed by atoms with Gasteiger partial charge >= 0.3 is 12.0 Å². The van der Waals surface area contributed by atoms with Crippen LogP contribution in [0.5, 0.6) is 0 Å². The van der Waals surface area contributed by atoms with Gasteiger partial charge in [-0.05, 0) is 18.4 Å². The van der Waals surface area contributed by atoms with Gasteiger partial charge in [-0.25, -0.2) is 14.6 Å². The Kier molecular flexibility index (Phi) is 22.6. The molecule has 284 valence electrons. The van der Waals surface area contributed by atoms with Gasteiger partial charge in [0, 0.05) is 25.6 Å². The average molecular weight is 701 g/mol. The van der Waals surface area contributed by atoms with E-state index in [0.717, 1.165) is 48.3 Å². The van der Waals surface area contributed by atoms with Gasteiger partial charge in [0.15, 0.2) is 0 Å². The molecule has 1 aromatic rings. The van der Waals surface area contributed by atoms with E-state index in [0.29, 0.717) is 18.8 Å². The molecule has 1 aliphatic rings. The van der Waals surface area contributed by atoms with Crippen LogP contribution in [0.1, 0.15) is 174 Å². The lowest BCUT2D eigenvalue weighted by Crippen LogP contribution is -2.72. The lowest BCUT2D eigenvalue weighted by atomic mass is 9.79. The molecule has 0 bridgehead atoms. The maximum absolute atomic E-state index is 14.2. The van der Waals surface area contributed by atoms with E-state index in [1.807, 2.05) is 6.07 Å². The highest BCUT2D eigenvalue weighted by molar-refractivity contribution is 6.22. The van der Waals surface area contributed by atoms with Crippen molar-refractivity contribution >= 4 is 23.8 Å². The van der Waals surface area contributed by atoms with E-state index >= 15 is 0 Å². The summed E-state index contributed by atoms with van der Waals surface area (Å²) in [5.74, 6) is -3.36. The van der Waals surface area contributed by atoms with Gasteiger partial charge in [-0.1, -0.05) is 174 Å². The number of carbonyl (C=O) groups excluding carboxylic acids is 4. The number of urea groups is 1. The van der Waals surface area contributed by atoms with Gasteiger partial charge in [0.05, 0.1) is 0 Å². The lowest BCUT2D eigenvalue weighted by molar-refractivity contribution is -0.193. The quantitative estimate of drug-likeness (QED) is 0.0447. The van der Waals surface area contributed by atoms with Crippen molar-refractivity contribution in [2.75, 3.05) is 26.7 Å². The summed E-state index contributed by atoms with van der Waals surface area (Å²) in [7, 11) is 0. The first-order valence-electron chi connectivity index (χ1n) is 19.9. The summed E-state index contributed by atoms with van der Waals surface area (Å²) in [6.45, 7) is 7.79. The third-order valence-corrected chi connectivity index (χ3v) is 9.79. The second kappa shape index (κ2) is 26.1. The summed E-state index contributed by atoms with van der Waals surface area (Å²) in [5.41, 5.74) is -1.64. The highest BCUT2D eigenvalue weighted by atomic mass is 16.6. The zero-order valence-electron chi connectivity index (χ0n) is 31.9. The molecule has 9 nitrogen and oxygen atoms in total. The number of nitrogens with zero attached hydrogens (tertiary/aromatic N) is 2. The Bertz CT molecular complexity index is 1050. The predicted molar refractivity (Wildman–Crippen MR) is 198 cm³/mol. The van der Waals surface area contributed by atoms with E-state index in [1.54, 1.807) is 38.1 Å². The normalized spacial score (nSPS) is 15.2. The number of esters is 1. The molecule has 2 rings (SSSR count). The zero-order valence-corrected chi connectivity index (χ0v) is 31.9. The predicted octanol–water partition coefficient (Wildman–Crippen LogP) is 10.1. The van der Waals surface area contributed by atoms with Crippen molar-refractivity contribution in [1.82, 2.24) is 9.80 Å². The van der Waals surface area contributed by atoms with E-state index in [4.69, 9.17) is 14.2 Å². The molecule has 0 aromatic heterocycles. The van der Waals surface area contributed by atoms with Gasteiger partial charge in [0.25, 0.3) is 17.4 Å². The van der Waals surface area contributed by atoms with E-state index in [1.165, 1.54) is 89.9 Å². The second-order valence-corrected chi connectivity index (χ2v) is 13.9. The number of carbonyl (C=O) groups is 4. The summed E-state index contributed by atoms with van der Waals surface area (Å²) in [4.78, 5) is 56.9. The maximum Gasteiger partial charge on any atom is 0.337 e. The fourth-order valence-corrected chi connectivity index (χ4v) is 6.51. The average Bonchev–Trinajstić information content (AvgIpc) is 3.13. The van der Waals surface area contributed by atoms with Crippen molar-refractivity contribution in [3.8, 4) is 0 Å². The van der Waals surface area contributed by atoms with E-state index < -0.39 is 35.3 Å². The Hall–Kier alpha value is -2.78. The molecule has 0 aliphatic carbocycles. The number of imide groups is 2. The van der Waals surface area contributed by atoms with Crippen LogP contribution in [0.25, 0.3) is 0 Å². The number of amides is 4. The molecule has 4 amide bonds. The molecule has 0 saturated carbocycles. The Labute approximate surface area is 303 Å². The SMILES string of the molecule is CCCCCCCCCCCCOCN1C(=O)N(COCCCCCCCCCCCC)C(=O)C(OC(=O)CC)(C(C)c2ccccc2)C1=O. The summed E-state index contributed by atoms with van der Waals surface area (Å²) < 4.78 is 17.5. The fourth-order valence-electron chi connectivity index (χ4n) is 6.51. The molecule has 0 radical (unpaired) electrons. The molecule has 1 unspecified atom stereocenters. The molecule has 9 heteroatoms. The van der Waals surface area contributed by atoms with Crippen molar-refractivity contribution in [2.24, 2.45) is 0 Å². The third-order valence-electron chi connectivity index (χ3n) is 9.79. The van der Waals surface area contributed by atoms with Crippen LogP contribution in [-0.2, 0) is 28.6 Å². The minimum atomic E-state index is -2.27. The number of ether oxygens (including phenoxy) is 3. The van der Waals surface area contributed by atoms with Crippen LogP contribution in [-0.4, -0.2) is 65.9 Å². The second-order valence-electron chi connectivity index (χ2n) is 13.9. The number of barbiturate groups is 1. The molecule has 0 spiro atoms. The molecule has 1 atom stereocenters. The van der Waals surface area contributed by atoms with Crippen molar-refractivity contribution < 1.29 is 33.4 Å². The van der Waals surface area contributed by atoms with Crippen LogP contribution in [0.2, 0.25) is 0 Å². The number of unbranched alkanes of at least 4 members (excludes halogenated alkanes) is 18. The van der Waals surface area contributed by atoms with E-state index in [-0.39, 0.29) is 19.9 Å². The van der Waals surface area contributed by atoms with Gasteiger partial charge in [-0.15, -0.1) is 0 Å². The van der Waals surface area contributed by atoms with Crippen LogP contribution in [0, 0.1) is 0 Å². The largest absolute Gasteiger partial charge is 0.438 e. The first-order chi connectivity index (χ1) is 24.3. The Morgan fingerprint density at radius 1 is 0.600 bits per heavy atom. The summed E-state index contributed by atoms with van der Waals surface area (Å²) in [6.07, 6.45) is 23.6. The Balaban J connectivity index is 2.04. The molecule has 1 aromatic carbocycles. The van der Waals surface area contributed by atoms with Gasteiger partial charge in [0.1, 0.15) is 13.5 Å². The molecule has 0 N–H and O–H groups in total. The van der Waals surface area contributed by atoms with Crippen LogP contribution in [0.15, 0.2) is 30.3 Å². The van der Waals surface area contributed by atoms with Crippen molar-refractivity contribution in [1.29, 1.82) is 0 Å². The smallest absolute Gasteiger partial charge is 0.337 e. The van der Waals surface area contributed by atoms with Crippen LogP contribution in [0.3, 0.4) is 0 Å². The van der Waals surface area contributed by atoms with Gasteiger partial charge in [-0.2, -0.15) is 0 Å². The maximum atomic E-state index is 14.2. The number of benzene rings is 1. The van der Waals surface area contributed by atoms with Crippen LogP contribution in [0.4, 0.5) is 4.79 Å². The summed E-state index contributed by atoms with van der Waals surface area (Å²) >= 11 is 0. The Morgan fingerprint density at radius 3 is 1.36 bits per heavy atom. The molecule has 1 fully saturated rings. The number of hydrogen-bond donors (Lipinski definition) is 0. The molecule has 1 aliphatic heterocycles. The highest BCUT2D eigenvalue weighted by Gasteiger charge is 2.63. The standard InChI is InChI=1S/C41H68N2O7/c1-5-8-10-12-14-16-18-20-22-27-31-48-33-42-38(45)41(50-37(44)7-3,35(4)36-29-25-24-26-30-36)39(46)43(40(42)47)34-49-32-28-23-21-19-17-15-13-11-9-6-2/h24-26,29-30,35H,5-23,27-28,31-34H2,1-4H3. The van der Waals surface area contributed by atoms with Crippen LogP contribution >= 0.6 is 0 Å². The minimum absolute atomic E-state index is 0.0394. The molecular formula is C41H68N2O7. The molecular weight excluding hydrogens is 632 g/mol. The number of hydrogen-bond acceptors (Lipinski definition) is 7. The monoisotopic (exact) mass is 701 g/mol. The fraction of sp³-hybridized carbons (Fsp3) is 0.756. The first kappa shape index (κ1) is 43.4. The van der Waals surface area contributed by atoms with Crippen molar-refractivity contribution in [2.45, 2.75) is 174 Å². The summed E-state index contributed by atoms with van der Waals surface area (Å²) in [6, 6.07) is 8.16. The van der Waals surface area contributed by atoms with E-state index in [2.05, 4.69) is 13.8 Å². The zero-order chi connectivity index (χ0) is 36.5. The molecule has 1 heterocycles. The van der Waals surface area contributed by atoms with Crippen LogP contribution < -0.4 is 0 Å². The molecule has 1 saturated heterocycles. The lowest BCUT2D eigenvalue weighted by Gasteiger charge is -2.45.